The minimum atomic E-state index is -1.26. The molecule has 3 aromatic rings. The number of hydrogen-bond donors (Lipinski definition) is 1. The van der Waals surface area contributed by atoms with E-state index in [1.54, 1.807) is 35.0 Å². The van der Waals surface area contributed by atoms with Gasteiger partial charge in [-0.15, -0.1) is 0 Å². The summed E-state index contributed by atoms with van der Waals surface area (Å²) in [5, 5.41) is 3.33. The first-order valence-corrected chi connectivity index (χ1v) is 15.7. The molecule has 4 rings (SSSR count). The molecule has 0 spiro atoms. The smallest absolute Gasteiger partial charge is 0.339 e. The van der Waals surface area contributed by atoms with Gasteiger partial charge in [0.25, 0.3) is 0 Å². The molecule has 1 aliphatic heterocycles. The number of imidazole rings is 1. The zero-order chi connectivity index (χ0) is 25.2. The maximum atomic E-state index is 13.7. The van der Waals surface area contributed by atoms with Gasteiger partial charge in [0.2, 0.25) is 0 Å². The van der Waals surface area contributed by atoms with Crippen molar-refractivity contribution in [3.05, 3.63) is 46.5 Å². The average molecular weight is 499 g/mol. The summed E-state index contributed by atoms with van der Waals surface area (Å²) >= 11 is 0. The quantitative estimate of drug-likeness (QED) is 0.308. The van der Waals surface area contributed by atoms with Gasteiger partial charge in [-0.05, 0) is 44.0 Å². The highest BCUT2D eigenvalue weighted by atomic mass is 28.3. The summed E-state index contributed by atoms with van der Waals surface area (Å²) in [7, 11) is 0.0945. The maximum absolute atomic E-state index is 13.7. The lowest BCUT2D eigenvalue weighted by Crippen LogP contribution is -2.26. The van der Waals surface area contributed by atoms with Crippen LogP contribution in [0.3, 0.4) is 0 Å². The first-order chi connectivity index (χ1) is 16.7. The zero-order valence-electron chi connectivity index (χ0n) is 21.1. The monoisotopic (exact) mass is 498 g/mol. The van der Waals surface area contributed by atoms with Crippen LogP contribution >= 0.6 is 0 Å². The first kappa shape index (κ1) is 25.0. The Hall–Kier alpha value is -3.11. The first-order valence-electron chi connectivity index (χ1n) is 12.0. The summed E-state index contributed by atoms with van der Waals surface area (Å²) in [6, 6.07) is 8.00. The second-order valence-corrected chi connectivity index (χ2v) is 15.7. The number of aromatic nitrogens is 3. The summed E-state index contributed by atoms with van der Waals surface area (Å²) in [5.41, 5.74) is 2.43. The molecule has 9 nitrogen and oxygen atoms in total. The fourth-order valence-electron chi connectivity index (χ4n) is 4.12. The van der Waals surface area contributed by atoms with Gasteiger partial charge in [-0.3, -0.25) is 9.13 Å². The van der Waals surface area contributed by atoms with Crippen molar-refractivity contribution in [1.29, 1.82) is 0 Å². The number of fused-ring (bicyclic) bond motifs is 3. The molecule has 1 aliphatic rings. The van der Waals surface area contributed by atoms with E-state index < -0.39 is 14.0 Å². The number of esters is 1. The van der Waals surface area contributed by atoms with Crippen LogP contribution in [0.15, 0.2) is 35.3 Å². The van der Waals surface area contributed by atoms with Crippen LogP contribution in [0.5, 0.6) is 5.75 Å². The van der Waals surface area contributed by atoms with E-state index in [1.807, 2.05) is 6.92 Å². The molecule has 0 amide bonds. The number of hydrogen-bond acceptors (Lipinski definition) is 7. The predicted octanol–water partition coefficient (Wildman–Crippen LogP) is 4.26. The predicted molar refractivity (Wildman–Crippen MR) is 139 cm³/mol. The minimum absolute atomic E-state index is 0.0693. The SMILES string of the molecule is COC(=O)c1ccc2cc1NCCCC(C)Oc1ccnc3c1n-2c(=O)n3COCC[Si](C)(C)C. The van der Waals surface area contributed by atoms with Crippen LogP contribution in [-0.4, -0.2) is 54.5 Å². The molecule has 3 heterocycles. The number of nitrogens with one attached hydrogen (secondary N) is 1. The van der Waals surface area contributed by atoms with Crippen molar-refractivity contribution in [1.82, 2.24) is 14.1 Å². The molecule has 0 fully saturated rings. The van der Waals surface area contributed by atoms with Crippen molar-refractivity contribution >= 4 is 30.9 Å². The van der Waals surface area contributed by atoms with Gasteiger partial charge in [0, 0.05) is 33.5 Å². The average Bonchev–Trinajstić information content (AvgIpc) is 3.10. The molecule has 35 heavy (non-hydrogen) atoms. The number of benzene rings is 1. The Morgan fingerprint density at radius 1 is 1.29 bits per heavy atom. The number of anilines is 1. The second kappa shape index (κ2) is 10.2. The van der Waals surface area contributed by atoms with Gasteiger partial charge in [-0.1, -0.05) is 19.6 Å². The summed E-state index contributed by atoms with van der Waals surface area (Å²) in [6.07, 6.45) is 3.24. The normalized spacial score (nSPS) is 16.1. The highest BCUT2D eigenvalue weighted by molar-refractivity contribution is 6.76. The molecular formula is C25H34N4O5Si. The number of carbonyl (C=O) groups is 1. The third kappa shape index (κ3) is 5.43. The van der Waals surface area contributed by atoms with E-state index in [0.29, 0.717) is 47.0 Å². The van der Waals surface area contributed by atoms with Crippen LogP contribution in [0.2, 0.25) is 25.7 Å². The summed E-state index contributed by atoms with van der Waals surface area (Å²) < 4.78 is 20.3. The summed E-state index contributed by atoms with van der Waals surface area (Å²) in [4.78, 5) is 30.6. The molecule has 0 radical (unpaired) electrons. The summed E-state index contributed by atoms with van der Waals surface area (Å²) in [5.74, 6) is 0.156. The molecule has 1 aromatic carbocycles. The van der Waals surface area contributed by atoms with E-state index in [0.717, 1.165) is 18.9 Å². The van der Waals surface area contributed by atoms with E-state index in [4.69, 9.17) is 14.2 Å². The van der Waals surface area contributed by atoms with Gasteiger partial charge >= 0.3 is 11.7 Å². The number of methoxy groups -OCH3 is 1. The lowest BCUT2D eigenvalue weighted by Gasteiger charge is -2.19. The Kier molecular flexibility index (Phi) is 7.32. The second-order valence-electron chi connectivity index (χ2n) is 10.1. The lowest BCUT2D eigenvalue weighted by atomic mass is 10.1. The molecule has 188 valence electrons. The largest absolute Gasteiger partial charge is 0.488 e. The number of nitrogens with zero attached hydrogens (tertiary/aromatic N) is 3. The maximum Gasteiger partial charge on any atom is 0.339 e. The van der Waals surface area contributed by atoms with E-state index in [-0.39, 0.29) is 18.5 Å². The van der Waals surface area contributed by atoms with Gasteiger partial charge in [0.1, 0.15) is 18.0 Å². The third-order valence-corrected chi connectivity index (χ3v) is 7.79. The van der Waals surface area contributed by atoms with Gasteiger partial charge in [0.05, 0.1) is 30.2 Å². The fraction of sp³-hybridized carbons (Fsp3) is 0.480. The highest BCUT2D eigenvalue weighted by Crippen LogP contribution is 2.30. The molecule has 1 N–H and O–H groups in total. The molecule has 0 saturated heterocycles. The third-order valence-electron chi connectivity index (χ3n) is 6.08. The minimum Gasteiger partial charge on any atom is -0.488 e. The highest BCUT2D eigenvalue weighted by Gasteiger charge is 2.23. The van der Waals surface area contributed by atoms with Crippen LogP contribution < -0.4 is 15.7 Å². The van der Waals surface area contributed by atoms with Crippen LogP contribution in [0.25, 0.3) is 16.9 Å². The number of carbonyl (C=O) groups excluding carboxylic acids is 1. The molecule has 0 saturated carbocycles. The van der Waals surface area contributed by atoms with E-state index in [9.17, 15) is 9.59 Å². The molecule has 10 heteroatoms. The van der Waals surface area contributed by atoms with E-state index >= 15 is 0 Å². The standard InChI is InChI=1S/C25H34N4O5Si/c1-17-7-6-11-26-20-15-18(8-9-19(20)24(30)32-2)29-22-21(34-17)10-12-27-23(22)28(25(29)31)16-33-13-14-35(3,4)5/h8-10,12,15,17,26H,6-7,11,13-14,16H2,1-5H3. The van der Waals surface area contributed by atoms with Crippen molar-refractivity contribution in [2.45, 2.75) is 58.3 Å². The van der Waals surface area contributed by atoms with Crippen molar-refractivity contribution in [3.8, 4) is 11.4 Å². The molecule has 2 bridgehead atoms. The van der Waals surface area contributed by atoms with E-state index in [2.05, 4.69) is 29.9 Å². The number of ether oxygens (including phenoxy) is 3. The summed E-state index contributed by atoms with van der Waals surface area (Å²) in [6.45, 7) is 10.2. The molecule has 1 unspecified atom stereocenters. The van der Waals surface area contributed by atoms with Crippen molar-refractivity contribution in [3.63, 3.8) is 0 Å². The van der Waals surface area contributed by atoms with Crippen LogP contribution in [0, 0.1) is 0 Å². The molecule has 0 aliphatic carbocycles. The lowest BCUT2D eigenvalue weighted by molar-refractivity contribution is 0.0601. The Morgan fingerprint density at radius 3 is 2.83 bits per heavy atom. The molecule has 1 atom stereocenters. The number of rotatable bonds is 6. The van der Waals surface area contributed by atoms with Gasteiger partial charge in [-0.25, -0.2) is 14.6 Å². The van der Waals surface area contributed by atoms with Crippen LogP contribution in [-0.2, 0) is 16.2 Å². The van der Waals surface area contributed by atoms with Crippen molar-refractivity contribution < 1.29 is 19.0 Å². The van der Waals surface area contributed by atoms with Crippen molar-refractivity contribution in [2.75, 3.05) is 25.6 Å². The Bertz CT molecular complexity index is 1280. The zero-order valence-corrected chi connectivity index (χ0v) is 22.1. The van der Waals surface area contributed by atoms with E-state index in [1.165, 1.54) is 11.7 Å². The Balaban J connectivity index is 1.86. The molecule has 2 aromatic heterocycles. The Morgan fingerprint density at radius 2 is 2.09 bits per heavy atom. The van der Waals surface area contributed by atoms with Crippen molar-refractivity contribution in [2.24, 2.45) is 0 Å². The Labute approximate surface area is 206 Å². The molecular weight excluding hydrogens is 464 g/mol. The van der Waals surface area contributed by atoms with Crippen LogP contribution in [0.1, 0.15) is 30.1 Å². The van der Waals surface area contributed by atoms with Gasteiger partial charge < -0.3 is 19.5 Å². The van der Waals surface area contributed by atoms with Crippen LogP contribution in [0.4, 0.5) is 5.69 Å². The topological polar surface area (TPSA) is 96.6 Å². The van der Waals surface area contributed by atoms with Gasteiger partial charge in [0.15, 0.2) is 5.65 Å². The number of pyridine rings is 1. The fourth-order valence-corrected chi connectivity index (χ4v) is 4.88. The van der Waals surface area contributed by atoms with Gasteiger partial charge in [-0.2, -0.15) is 0 Å².